The molecule has 1 nitrogen and oxygen atoms in total. The summed E-state index contributed by atoms with van der Waals surface area (Å²) in [6.45, 7) is 6.91. The Balaban J connectivity index is 2.21. The molecule has 1 saturated carbocycles. The van der Waals surface area contributed by atoms with Crippen LogP contribution < -0.4 is 5.73 Å². The Bertz CT molecular complexity index is 142. The molecule has 0 bridgehead atoms. The smallest absolute Gasteiger partial charge is 0.00434 e. The fourth-order valence-electron chi connectivity index (χ4n) is 2.37. The van der Waals surface area contributed by atoms with Crippen molar-refractivity contribution in [2.75, 3.05) is 6.54 Å². The van der Waals surface area contributed by atoms with E-state index in [4.69, 9.17) is 5.73 Å². The van der Waals surface area contributed by atoms with E-state index in [2.05, 4.69) is 13.5 Å². The van der Waals surface area contributed by atoms with Crippen LogP contribution in [0.1, 0.15) is 32.6 Å². The maximum Gasteiger partial charge on any atom is -0.00434 e. The van der Waals surface area contributed by atoms with Gasteiger partial charge in [0.25, 0.3) is 0 Å². The summed E-state index contributed by atoms with van der Waals surface area (Å²) in [6.07, 6.45) is 7.20. The molecule has 0 aromatic heterocycles. The monoisotopic (exact) mass is 167 g/mol. The molecule has 0 amide bonds. The molecule has 0 aromatic carbocycles. The first kappa shape index (κ1) is 9.79. The molecule has 1 fully saturated rings. The molecule has 12 heavy (non-hydrogen) atoms. The van der Waals surface area contributed by atoms with Gasteiger partial charge in [-0.15, -0.1) is 6.58 Å². The predicted molar refractivity (Wildman–Crippen MR) is 53.9 cm³/mol. The first-order valence-corrected chi connectivity index (χ1v) is 5.16. The maximum absolute atomic E-state index is 5.69. The second-order valence-electron chi connectivity index (χ2n) is 3.88. The zero-order chi connectivity index (χ0) is 8.97. The molecule has 0 aliphatic heterocycles. The highest BCUT2D eigenvalue weighted by molar-refractivity contribution is 4.97. The molecule has 0 spiro atoms. The van der Waals surface area contributed by atoms with Crippen LogP contribution in [0, 0.1) is 17.8 Å². The lowest BCUT2D eigenvalue weighted by Crippen LogP contribution is -2.03. The molecule has 3 unspecified atom stereocenters. The van der Waals surface area contributed by atoms with Crippen LogP contribution in [0.15, 0.2) is 12.7 Å². The lowest BCUT2D eigenvalue weighted by Gasteiger charge is -1.93. The van der Waals surface area contributed by atoms with E-state index < -0.39 is 0 Å². The fraction of sp³-hybridized carbons (Fsp3) is 0.818. The third-order valence-corrected chi connectivity index (χ3v) is 3.11. The lowest BCUT2D eigenvalue weighted by molar-refractivity contribution is 0.604. The van der Waals surface area contributed by atoms with Crippen molar-refractivity contribution < 1.29 is 0 Å². The SMILES string of the molecule is C=CCCC1C(CN)C1CCC. The standard InChI is InChI=1S/C11H21N/c1-3-5-7-10-9(6-4-2)11(10)8-12/h3,9-11H,1,4-8,12H2,2H3. The molecule has 0 saturated heterocycles. The van der Waals surface area contributed by atoms with Crippen molar-refractivity contribution in [1.29, 1.82) is 0 Å². The molecular formula is C11H21N. The van der Waals surface area contributed by atoms with E-state index in [9.17, 15) is 0 Å². The summed E-state index contributed by atoms with van der Waals surface area (Å²) in [5, 5.41) is 0. The third-order valence-electron chi connectivity index (χ3n) is 3.11. The molecule has 0 radical (unpaired) electrons. The van der Waals surface area contributed by atoms with E-state index in [0.717, 1.165) is 24.3 Å². The van der Waals surface area contributed by atoms with Gasteiger partial charge in [-0.25, -0.2) is 0 Å². The normalized spacial score (nSPS) is 33.3. The van der Waals surface area contributed by atoms with Crippen LogP contribution >= 0.6 is 0 Å². The number of rotatable bonds is 6. The van der Waals surface area contributed by atoms with Crippen LogP contribution in [-0.4, -0.2) is 6.54 Å². The first-order valence-electron chi connectivity index (χ1n) is 5.16. The van der Waals surface area contributed by atoms with E-state index in [-0.39, 0.29) is 0 Å². The van der Waals surface area contributed by atoms with Crippen molar-refractivity contribution in [3.8, 4) is 0 Å². The van der Waals surface area contributed by atoms with E-state index in [1.165, 1.54) is 25.7 Å². The lowest BCUT2D eigenvalue weighted by atomic mass is 10.1. The van der Waals surface area contributed by atoms with E-state index >= 15 is 0 Å². The Morgan fingerprint density at radius 1 is 1.25 bits per heavy atom. The Morgan fingerprint density at radius 2 is 1.92 bits per heavy atom. The molecule has 0 aromatic rings. The average molecular weight is 167 g/mol. The van der Waals surface area contributed by atoms with Crippen LogP contribution in [0.5, 0.6) is 0 Å². The topological polar surface area (TPSA) is 26.0 Å². The fourth-order valence-corrected chi connectivity index (χ4v) is 2.37. The van der Waals surface area contributed by atoms with Gasteiger partial charge in [0.1, 0.15) is 0 Å². The van der Waals surface area contributed by atoms with Crippen LogP contribution in [-0.2, 0) is 0 Å². The minimum atomic E-state index is 0.838. The van der Waals surface area contributed by atoms with Gasteiger partial charge in [0.05, 0.1) is 0 Å². The molecule has 1 heteroatoms. The van der Waals surface area contributed by atoms with Gasteiger partial charge in [0.2, 0.25) is 0 Å². The van der Waals surface area contributed by atoms with E-state index in [1.54, 1.807) is 0 Å². The largest absolute Gasteiger partial charge is 0.330 e. The highest BCUT2D eigenvalue weighted by Gasteiger charge is 2.46. The van der Waals surface area contributed by atoms with Crippen molar-refractivity contribution in [2.24, 2.45) is 23.5 Å². The molecule has 1 aliphatic rings. The van der Waals surface area contributed by atoms with Crippen molar-refractivity contribution >= 4 is 0 Å². The van der Waals surface area contributed by atoms with Crippen LogP contribution in [0.3, 0.4) is 0 Å². The third kappa shape index (κ3) is 2.10. The van der Waals surface area contributed by atoms with Crippen molar-refractivity contribution in [1.82, 2.24) is 0 Å². The Morgan fingerprint density at radius 3 is 2.42 bits per heavy atom. The highest BCUT2D eigenvalue weighted by Crippen LogP contribution is 2.51. The van der Waals surface area contributed by atoms with Gasteiger partial charge in [0.15, 0.2) is 0 Å². The summed E-state index contributed by atoms with van der Waals surface area (Å²) in [5.41, 5.74) is 5.69. The molecule has 1 aliphatic carbocycles. The number of nitrogens with two attached hydrogens (primary N) is 1. The van der Waals surface area contributed by atoms with Gasteiger partial charge in [-0.1, -0.05) is 25.8 Å². The summed E-state index contributed by atoms with van der Waals surface area (Å²) in [4.78, 5) is 0. The maximum atomic E-state index is 5.69. The molecule has 2 N–H and O–H groups in total. The minimum Gasteiger partial charge on any atom is -0.330 e. The summed E-state index contributed by atoms with van der Waals surface area (Å²) in [7, 11) is 0. The van der Waals surface area contributed by atoms with Crippen LogP contribution in [0.2, 0.25) is 0 Å². The number of hydrogen-bond donors (Lipinski definition) is 1. The number of allylic oxidation sites excluding steroid dienone is 1. The van der Waals surface area contributed by atoms with Gasteiger partial charge in [-0.3, -0.25) is 0 Å². The summed E-state index contributed by atoms with van der Waals surface area (Å²) >= 11 is 0. The average Bonchev–Trinajstić information content (AvgIpc) is 2.75. The minimum absolute atomic E-state index is 0.838. The van der Waals surface area contributed by atoms with Gasteiger partial charge >= 0.3 is 0 Å². The molecule has 0 heterocycles. The molecule has 70 valence electrons. The van der Waals surface area contributed by atoms with Crippen LogP contribution in [0.25, 0.3) is 0 Å². The van der Waals surface area contributed by atoms with Gasteiger partial charge in [-0.05, 0) is 37.1 Å². The number of hydrogen-bond acceptors (Lipinski definition) is 1. The van der Waals surface area contributed by atoms with Crippen molar-refractivity contribution in [3.63, 3.8) is 0 Å². The second kappa shape index (κ2) is 4.66. The van der Waals surface area contributed by atoms with Crippen molar-refractivity contribution in [3.05, 3.63) is 12.7 Å². The summed E-state index contributed by atoms with van der Waals surface area (Å²) in [6, 6.07) is 0. The zero-order valence-electron chi connectivity index (χ0n) is 8.13. The molecular weight excluding hydrogens is 146 g/mol. The predicted octanol–water partition coefficient (Wildman–Crippen LogP) is 2.57. The highest BCUT2D eigenvalue weighted by atomic mass is 14.6. The Kier molecular flexibility index (Phi) is 3.80. The summed E-state index contributed by atoms with van der Waals surface area (Å²) in [5.74, 6) is 2.71. The van der Waals surface area contributed by atoms with E-state index in [0.29, 0.717) is 0 Å². The molecule has 1 rings (SSSR count). The molecule has 3 atom stereocenters. The first-order chi connectivity index (χ1) is 5.85. The summed E-state index contributed by atoms with van der Waals surface area (Å²) < 4.78 is 0. The van der Waals surface area contributed by atoms with Crippen molar-refractivity contribution in [2.45, 2.75) is 32.6 Å². The van der Waals surface area contributed by atoms with Gasteiger partial charge < -0.3 is 5.73 Å². The van der Waals surface area contributed by atoms with Crippen LogP contribution in [0.4, 0.5) is 0 Å². The van der Waals surface area contributed by atoms with E-state index in [1.807, 2.05) is 6.08 Å². The van der Waals surface area contributed by atoms with Gasteiger partial charge in [0, 0.05) is 0 Å². The quantitative estimate of drug-likeness (QED) is 0.604. The Hall–Kier alpha value is -0.300. The second-order valence-corrected chi connectivity index (χ2v) is 3.88. The Labute approximate surface area is 76.0 Å². The van der Waals surface area contributed by atoms with Gasteiger partial charge in [-0.2, -0.15) is 0 Å². The zero-order valence-corrected chi connectivity index (χ0v) is 8.13.